The Bertz CT molecular complexity index is 382. The molecule has 0 saturated carbocycles. The second kappa shape index (κ2) is 4.66. The van der Waals surface area contributed by atoms with Gasteiger partial charge in [0, 0.05) is 0 Å². The minimum absolute atomic E-state index is 0.252. The van der Waals surface area contributed by atoms with E-state index in [4.69, 9.17) is 0 Å². The fourth-order valence-corrected chi connectivity index (χ4v) is 2.67. The van der Waals surface area contributed by atoms with Crippen molar-refractivity contribution in [2.24, 2.45) is 0 Å². The topological polar surface area (TPSA) is 0 Å². The third-order valence-corrected chi connectivity index (χ3v) is 3.92. The molecule has 15 heavy (non-hydrogen) atoms. The number of hydrogen-bond acceptors (Lipinski definition) is 0. The van der Waals surface area contributed by atoms with E-state index in [9.17, 15) is 0 Å². The predicted molar refractivity (Wildman–Crippen MR) is 67.4 cm³/mol. The van der Waals surface area contributed by atoms with Gasteiger partial charge in [0.25, 0.3) is 15.2 Å². The standard InChI is InChI=1S/2C7H7.Al/c2*1-7-5-3-2-4-6-7;/h2*3-6H,1H3;. The molecule has 2 aromatic carbocycles. The van der Waals surface area contributed by atoms with E-state index in [0.29, 0.717) is 0 Å². The van der Waals surface area contributed by atoms with E-state index in [1.807, 2.05) is 0 Å². The van der Waals surface area contributed by atoms with E-state index < -0.39 is 0 Å². The summed E-state index contributed by atoms with van der Waals surface area (Å²) < 4.78 is 2.92. The fraction of sp³-hybridized carbons (Fsp3) is 0.143. The first-order valence-corrected chi connectivity index (χ1v) is 6.37. The Morgan fingerprint density at radius 3 is 1.27 bits per heavy atom. The van der Waals surface area contributed by atoms with Crippen LogP contribution >= 0.6 is 0 Å². The van der Waals surface area contributed by atoms with Crippen LogP contribution in [0.1, 0.15) is 11.1 Å². The average Bonchev–Trinajstić information content (AvgIpc) is 2.25. The van der Waals surface area contributed by atoms with Crippen LogP contribution in [0.3, 0.4) is 0 Å². The summed E-state index contributed by atoms with van der Waals surface area (Å²) in [5.74, 6) is 0. The molecule has 0 aromatic heterocycles. The maximum atomic E-state index is 2.24. The maximum Gasteiger partial charge on any atom is 0.298 e. The lowest BCUT2D eigenvalue weighted by atomic mass is 10.2. The quantitative estimate of drug-likeness (QED) is 0.663. The molecule has 0 unspecified atom stereocenters. The van der Waals surface area contributed by atoms with E-state index in [1.54, 1.807) is 0 Å². The molecular formula is C14H14Al. The molecule has 2 aromatic rings. The van der Waals surface area contributed by atoms with Crippen molar-refractivity contribution >= 4 is 24.1 Å². The van der Waals surface area contributed by atoms with Gasteiger partial charge in [-0.15, -0.1) is 8.85 Å². The van der Waals surface area contributed by atoms with E-state index >= 15 is 0 Å². The van der Waals surface area contributed by atoms with Gasteiger partial charge in [-0.25, -0.2) is 0 Å². The third kappa shape index (κ3) is 2.96. The summed E-state index contributed by atoms with van der Waals surface area (Å²) in [4.78, 5) is 0. The molecule has 0 aliphatic carbocycles. The highest BCUT2D eigenvalue weighted by Gasteiger charge is 1.98. The van der Waals surface area contributed by atoms with Gasteiger partial charge in [-0.05, 0) is 13.8 Å². The minimum atomic E-state index is 0.252. The molecular weight excluding hydrogens is 195 g/mol. The molecule has 73 valence electrons. The van der Waals surface area contributed by atoms with E-state index in [-0.39, 0.29) is 15.2 Å². The highest BCUT2D eigenvalue weighted by atomic mass is 27.1. The van der Waals surface area contributed by atoms with Crippen molar-refractivity contribution in [1.82, 2.24) is 0 Å². The maximum absolute atomic E-state index is 2.24. The van der Waals surface area contributed by atoms with Crippen molar-refractivity contribution in [2.45, 2.75) is 13.8 Å². The molecule has 1 radical (unpaired) electrons. The lowest BCUT2D eigenvalue weighted by molar-refractivity contribution is 1.48. The average molecular weight is 209 g/mol. The lowest BCUT2D eigenvalue weighted by Gasteiger charge is -2.01. The van der Waals surface area contributed by atoms with Crippen molar-refractivity contribution in [1.29, 1.82) is 0 Å². The molecule has 0 heterocycles. The predicted octanol–water partition coefficient (Wildman–Crippen LogP) is 1.96. The third-order valence-electron chi connectivity index (χ3n) is 2.49. The number of benzene rings is 2. The summed E-state index contributed by atoms with van der Waals surface area (Å²) in [6, 6.07) is 17.7. The summed E-state index contributed by atoms with van der Waals surface area (Å²) in [5, 5.41) is 0. The van der Waals surface area contributed by atoms with Gasteiger partial charge in [-0.2, -0.15) is 0 Å². The Hall–Kier alpha value is -1.03. The molecule has 0 aliphatic rings. The number of hydrogen-bond donors (Lipinski definition) is 0. The molecule has 2 rings (SSSR count). The van der Waals surface area contributed by atoms with Gasteiger partial charge in [0.1, 0.15) is 0 Å². The summed E-state index contributed by atoms with van der Waals surface area (Å²) in [6.45, 7) is 4.26. The van der Waals surface area contributed by atoms with E-state index in [0.717, 1.165) is 0 Å². The molecule has 0 nitrogen and oxygen atoms in total. The van der Waals surface area contributed by atoms with Crippen LogP contribution in [-0.4, -0.2) is 15.2 Å². The molecule has 0 N–H and O–H groups in total. The van der Waals surface area contributed by atoms with Crippen molar-refractivity contribution in [3.8, 4) is 0 Å². The van der Waals surface area contributed by atoms with Crippen LogP contribution in [0.5, 0.6) is 0 Å². The van der Waals surface area contributed by atoms with Gasteiger partial charge in [-0.3, -0.25) is 0 Å². The summed E-state index contributed by atoms with van der Waals surface area (Å²) in [7, 11) is 0. The zero-order chi connectivity index (χ0) is 10.7. The second-order valence-electron chi connectivity index (χ2n) is 3.97. The van der Waals surface area contributed by atoms with Crippen LogP contribution in [0.4, 0.5) is 0 Å². The van der Waals surface area contributed by atoms with Gasteiger partial charge in [0.05, 0.1) is 0 Å². The fourth-order valence-electron chi connectivity index (χ4n) is 1.52. The molecule has 0 saturated heterocycles. The largest absolute Gasteiger partial charge is 0.298 e. The monoisotopic (exact) mass is 209 g/mol. The molecule has 0 bridgehead atoms. The van der Waals surface area contributed by atoms with E-state index in [2.05, 4.69) is 62.4 Å². The van der Waals surface area contributed by atoms with Crippen LogP contribution in [0.15, 0.2) is 48.5 Å². The van der Waals surface area contributed by atoms with Crippen LogP contribution in [0, 0.1) is 13.8 Å². The Labute approximate surface area is 97.7 Å². The Morgan fingerprint density at radius 1 is 0.600 bits per heavy atom. The summed E-state index contributed by atoms with van der Waals surface area (Å²) in [5.41, 5.74) is 2.67. The van der Waals surface area contributed by atoms with E-state index in [1.165, 1.54) is 20.0 Å². The van der Waals surface area contributed by atoms with Gasteiger partial charge < -0.3 is 0 Å². The van der Waals surface area contributed by atoms with Crippen LogP contribution < -0.4 is 8.85 Å². The first kappa shape index (κ1) is 10.5. The van der Waals surface area contributed by atoms with Gasteiger partial charge in [0.2, 0.25) is 0 Å². The van der Waals surface area contributed by atoms with Crippen LogP contribution in [0.25, 0.3) is 0 Å². The molecule has 0 fully saturated rings. The molecule has 0 amide bonds. The van der Waals surface area contributed by atoms with Crippen LogP contribution in [-0.2, 0) is 0 Å². The smallest absolute Gasteiger partial charge is 0.117 e. The van der Waals surface area contributed by atoms with Crippen molar-refractivity contribution in [2.75, 3.05) is 0 Å². The summed E-state index contributed by atoms with van der Waals surface area (Å²) in [6.07, 6.45) is 0. The molecule has 1 heteroatoms. The number of aryl methyl sites for hydroxylation is 2. The first-order chi connectivity index (χ1) is 7.24. The van der Waals surface area contributed by atoms with Crippen molar-refractivity contribution in [3.05, 3.63) is 59.7 Å². The van der Waals surface area contributed by atoms with Crippen molar-refractivity contribution < 1.29 is 0 Å². The Morgan fingerprint density at radius 2 is 0.933 bits per heavy atom. The zero-order valence-electron chi connectivity index (χ0n) is 9.20. The second-order valence-corrected chi connectivity index (χ2v) is 5.59. The van der Waals surface area contributed by atoms with Gasteiger partial charge in [-0.1, -0.05) is 59.7 Å². The first-order valence-electron chi connectivity index (χ1n) is 5.22. The number of rotatable bonds is 2. The summed E-state index contributed by atoms with van der Waals surface area (Å²) >= 11 is 0.252. The zero-order valence-corrected chi connectivity index (χ0v) is 10.4. The molecule has 0 aliphatic heterocycles. The SMILES string of the molecule is Cc1cc[c]([Al][c]2ccc(C)cc2)cc1. The van der Waals surface area contributed by atoms with Crippen molar-refractivity contribution in [3.63, 3.8) is 0 Å². The normalized spacial score (nSPS) is 10.0. The Kier molecular flexibility index (Phi) is 3.26. The van der Waals surface area contributed by atoms with Gasteiger partial charge in [0.15, 0.2) is 0 Å². The molecule has 0 atom stereocenters. The minimum Gasteiger partial charge on any atom is -0.117 e. The van der Waals surface area contributed by atoms with Gasteiger partial charge >= 0.3 is 0 Å². The highest BCUT2D eigenvalue weighted by molar-refractivity contribution is 6.67. The highest BCUT2D eigenvalue weighted by Crippen LogP contribution is 1.94. The Balaban J connectivity index is 2.15. The molecule has 0 spiro atoms. The lowest BCUT2D eigenvalue weighted by Crippen LogP contribution is -2.26. The van der Waals surface area contributed by atoms with Crippen LogP contribution in [0.2, 0.25) is 0 Å².